The van der Waals surface area contributed by atoms with Crippen LogP contribution in [0.15, 0.2) is 30.5 Å². The molecule has 0 spiro atoms. The number of fused-ring (bicyclic) bond motifs is 1. The lowest BCUT2D eigenvalue weighted by Gasteiger charge is -2.28. The van der Waals surface area contributed by atoms with E-state index in [1.54, 1.807) is 0 Å². The number of hydrogen-bond donors (Lipinski definition) is 0. The Morgan fingerprint density at radius 1 is 1.10 bits per heavy atom. The summed E-state index contributed by atoms with van der Waals surface area (Å²) in [4.78, 5) is 2.47. The fourth-order valence-electron chi connectivity index (χ4n) is 3.19. The Morgan fingerprint density at radius 3 is 2.76 bits per heavy atom. The third-order valence-electron chi connectivity index (χ3n) is 4.37. The average Bonchev–Trinajstić information content (AvgIpc) is 2.92. The SMILES string of the molecule is CCCCCCc1cc(N2CCOCC2)c2ccccn12. The van der Waals surface area contributed by atoms with E-state index in [1.807, 2.05) is 0 Å². The van der Waals surface area contributed by atoms with E-state index in [4.69, 9.17) is 4.74 Å². The number of unbranched alkanes of at least 4 members (excludes halogenated alkanes) is 3. The third-order valence-corrected chi connectivity index (χ3v) is 4.37. The summed E-state index contributed by atoms with van der Waals surface area (Å²) < 4.78 is 7.86. The first-order valence-electron chi connectivity index (χ1n) is 8.32. The molecule has 0 N–H and O–H groups in total. The normalized spacial score (nSPS) is 15.8. The zero-order chi connectivity index (χ0) is 14.5. The van der Waals surface area contributed by atoms with Gasteiger partial charge in [0.1, 0.15) is 0 Å². The molecule has 0 aromatic carbocycles. The zero-order valence-electron chi connectivity index (χ0n) is 13.1. The lowest BCUT2D eigenvalue weighted by atomic mass is 10.1. The minimum absolute atomic E-state index is 0.843. The molecule has 3 heterocycles. The first-order chi connectivity index (χ1) is 10.4. The van der Waals surface area contributed by atoms with Crippen molar-refractivity contribution in [2.24, 2.45) is 0 Å². The minimum atomic E-state index is 0.843. The van der Waals surface area contributed by atoms with Crippen molar-refractivity contribution in [2.45, 2.75) is 39.0 Å². The molecule has 1 saturated heterocycles. The fourth-order valence-corrected chi connectivity index (χ4v) is 3.19. The lowest BCUT2D eigenvalue weighted by Crippen LogP contribution is -2.36. The Bertz CT molecular complexity index is 570. The van der Waals surface area contributed by atoms with Crippen molar-refractivity contribution >= 4 is 11.2 Å². The van der Waals surface area contributed by atoms with Gasteiger partial charge in [-0.2, -0.15) is 0 Å². The molecule has 0 bridgehead atoms. The van der Waals surface area contributed by atoms with Gasteiger partial charge in [0.15, 0.2) is 0 Å². The molecule has 114 valence electrons. The topological polar surface area (TPSA) is 16.9 Å². The van der Waals surface area contributed by atoms with E-state index in [9.17, 15) is 0 Å². The predicted molar refractivity (Wildman–Crippen MR) is 88.3 cm³/mol. The highest BCUT2D eigenvalue weighted by Crippen LogP contribution is 2.27. The molecule has 0 aliphatic carbocycles. The first-order valence-corrected chi connectivity index (χ1v) is 8.32. The van der Waals surface area contributed by atoms with Crippen LogP contribution in [0.4, 0.5) is 5.69 Å². The van der Waals surface area contributed by atoms with Gasteiger partial charge in [0, 0.05) is 25.0 Å². The van der Waals surface area contributed by atoms with Gasteiger partial charge in [-0.05, 0) is 31.0 Å². The summed E-state index contributed by atoms with van der Waals surface area (Å²) >= 11 is 0. The molecule has 0 unspecified atom stereocenters. The van der Waals surface area contributed by atoms with Crippen LogP contribution in [0.3, 0.4) is 0 Å². The minimum Gasteiger partial charge on any atom is -0.378 e. The van der Waals surface area contributed by atoms with E-state index >= 15 is 0 Å². The van der Waals surface area contributed by atoms with E-state index in [2.05, 4.69) is 46.7 Å². The number of rotatable bonds is 6. The van der Waals surface area contributed by atoms with Gasteiger partial charge in [-0.3, -0.25) is 0 Å². The molecule has 0 radical (unpaired) electrons. The Kier molecular flexibility index (Phi) is 4.81. The second kappa shape index (κ2) is 6.99. The van der Waals surface area contributed by atoms with E-state index < -0.39 is 0 Å². The molecule has 0 saturated carbocycles. The molecular formula is C18H26N2O. The Morgan fingerprint density at radius 2 is 1.95 bits per heavy atom. The van der Waals surface area contributed by atoms with Gasteiger partial charge in [0.2, 0.25) is 0 Å². The summed E-state index contributed by atoms with van der Waals surface area (Å²) in [6.07, 6.45) is 8.65. The number of aryl methyl sites for hydroxylation is 1. The van der Waals surface area contributed by atoms with E-state index in [0.29, 0.717) is 0 Å². The molecule has 1 fully saturated rings. The number of hydrogen-bond acceptors (Lipinski definition) is 2. The van der Waals surface area contributed by atoms with Crippen molar-refractivity contribution in [3.63, 3.8) is 0 Å². The van der Waals surface area contributed by atoms with Crippen molar-refractivity contribution in [1.82, 2.24) is 4.40 Å². The van der Waals surface area contributed by atoms with E-state index in [1.165, 1.54) is 49.0 Å². The Labute approximate surface area is 127 Å². The highest BCUT2D eigenvalue weighted by Gasteiger charge is 2.16. The first kappa shape index (κ1) is 14.5. The maximum absolute atomic E-state index is 5.48. The quantitative estimate of drug-likeness (QED) is 0.749. The summed E-state index contributed by atoms with van der Waals surface area (Å²) in [6, 6.07) is 8.90. The summed E-state index contributed by atoms with van der Waals surface area (Å²) in [5, 5.41) is 0. The summed E-state index contributed by atoms with van der Waals surface area (Å²) in [5.41, 5.74) is 4.16. The van der Waals surface area contributed by atoms with Crippen molar-refractivity contribution in [3.8, 4) is 0 Å². The van der Waals surface area contributed by atoms with Gasteiger partial charge in [-0.1, -0.05) is 32.3 Å². The Hall–Kier alpha value is -1.48. The molecular weight excluding hydrogens is 260 g/mol. The molecule has 21 heavy (non-hydrogen) atoms. The molecule has 3 heteroatoms. The van der Waals surface area contributed by atoms with E-state index in [0.717, 1.165) is 26.3 Å². The van der Waals surface area contributed by atoms with Crippen LogP contribution in [-0.4, -0.2) is 30.7 Å². The lowest BCUT2D eigenvalue weighted by molar-refractivity contribution is 0.123. The number of ether oxygens (including phenoxy) is 1. The van der Waals surface area contributed by atoms with Crippen LogP contribution in [0.1, 0.15) is 38.3 Å². The summed E-state index contributed by atoms with van der Waals surface area (Å²) in [6.45, 7) is 5.96. The predicted octanol–water partition coefficient (Wildman–Crippen LogP) is 3.90. The Balaban J connectivity index is 1.83. The van der Waals surface area contributed by atoms with Gasteiger partial charge < -0.3 is 14.0 Å². The van der Waals surface area contributed by atoms with Gasteiger partial charge in [0.25, 0.3) is 0 Å². The van der Waals surface area contributed by atoms with Crippen LogP contribution >= 0.6 is 0 Å². The molecule has 1 aliphatic rings. The maximum Gasteiger partial charge on any atom is 0.0687 e. The van der Waals surface area contributed by atoms with Crippen LogP contribution in [-0.2, 0) is 11.2 Å². The standard InChI is InChI=1S/C18H26N2O/c1-2-3-4-5-8-16-15-18(19-11-13-21-14-12-19)17-9-6-7-10-20(16)17/h6-7,9-10,15H,2-5,8,11-14H2,1H3. The van der Waals surface area contributed by atoms with Gasteiger partial charge >= 0.3 is 0 Å². The monoisotopic (exact) mass is 286 g/mol. The highest BCUT2D eigenvalue weighted by molar-refractivity contribution is 5.75. The molecule has 3 nitrogen and oxygen atoms in total. The maximum atomic E-state index is 5.48. The zero-order valence-corrected chi connectivity index (χ0v) is 13.1. The molecule has 1 aliphatic heterocycles. The molecule has 2 aromatic heterocycles. The van der Waals surface area contributed by atoms with Gasteiger partial charge in [0.05, 0.1) is 24.4 Å². The van der Waals surface area contributed by atoms with Crippen LogP contribution in [0, 0.1) is 0 Å². The molecule has 2 aromatic rings. The van der Waals surface area contributed by atoms with Crippen molar-refractivity contribution in [2.75, 3.05) is 31.2 Å². The van der Waals surface area contributed by atoms with E-state index in [-0.39, 0.29) is 0 Å². The smallest absolute Gasteiger partial charge is 0.0687 e. The van der Waals surface area contributed by atoms with Crippen molar-refractivity contribution in [3.05, 3.63) is 36.2 Å². The molecule has 0 amide bonds. The second-order valence-corrected chi connectivity index (χ2v) is 5.89. The van der Waals surface area contributed by atoms with Gasteiger partial charge in [-0.25, -0.2) is 0 Å². The van der Waals surface area contributed by atoms with Crippen LogP contribution in [0.25, 0.3) is 5.52 Å². The second-order valence-electron chi connectivity index (χ2n) is 5.89. The highest BCUT2D eigenvalue weighted by atomic mass is 16.5. The number of aromatic nitrogens is 1. The van der Waals surface area contributed by atoms with Crippen molar-refractivity contribution < 1.29 is 4.74 Å². The van der Waals surface area contributed by atoms with Crippen LogP contribution < -0.4 is 4.90 Å². The van der Waals surface area contributed by atoms with Crippen LogP contribution in [0.5, 0.6) is 0 Å². The third kappa shape index (κ3) is 3.24. The number of pyridine rings is 1. The number of anilines is 1. The fraction of sp³-hybridized carbons (Fsp3) is 0.556. The molecule has 0 atom stereocenters. The molecule has 3 rings (SSSR count). The number of morpholine rings is 1. The largest absolute Gasteiger partial charge is 0.378 e. The van der Waals surface area contributed by atoms with Crippen LogP contribution in [0.2, 0.25) is 0 Å². The summed E-state index contributed by atoms with van der Waals surface area (Å²) in [5.74, 6) is 0. The average molecular weight is 286 g/mol. The number of nitrogens with zero attached hydrogens (tertiary/aromatic N) is 2. The van der Waals surface area contributed by atoms with Crippen molar-refractivity contribution in [1.29, 1.82) is 0 Å². The van der Waals surface area contributed by atoms with Gasteiger partial charge in [-0.15, -0.1) is 0 Å². The summed E-state index contributed by atoms with van der Waals surface area (Å²) in [7, 11) is 0.